The summed E-state index contributed by atoms with van der Waals surface area (Å²) in [5.41, 5.74) is 7.25. The van der Waals surface area contributed by atoms with Crippen LogP contribution < -0.4 is 10.6 Å². The number of hydrogen-bond donors (Lipinski definition) is 3. The molecule has 0 aliphatic carbocycles. The number of aliphatic hydroxyl groups is 1. The Bertz CT molecular complexity index is 478. The molecule has 1 saturated heterocycles. The molecule has 0 spiro atoms. The lowest BCUT2D eigenvalue weighted by molar-refractivity contribution is -0.0423. The van der Waals surface area contributed by atoms with Crippen LogP contribution in [0.1, 0.15) is 18.1 Å². The Morgan fingerprint density at radius 3 is 3.00 bits per heavy atom. The second-order valence-electron chi connectivity index (χ2n) is 4.90. The molecule has 1 fully saturated rings. The minimum atomic E-state index is -0.231. The maximum atomic E-state index is 9.27. The first kappa shape index (κ1) is 13.8. The van der Waals surface area contributed by atoms with Gasteiger partial charge in [-0.25, -0.2) is 4.98 Å². The zero-order valence-electron chi connectivity index (χ0n) is 11.3. The highest BCUT2D eigenvalue weighted by Gasteiger charge is 2.27. The largest absolute Gasteiger partial charge is 0.394 e. The molecular formula is C13H20N4O2. The quantitative estimate of drug-likeness (QED) is 0.537. The van der Waals surface area contributed by atoms with Crippen molar-refractivity contribution in [2.75, 3.05) is 24.6 Å². The summed E-state index contributed by atoms with van der Waals surface area (Å²) in [5.74, 6) is 0.710. The molecule has 2 heterocycles. The summed E-state index contributed by atoms with van der Waals surface area (Å²) in [5, 5.41) is 17.0. The molecule has 0 bridgehead atoms. The van der Waals surface area contributed by atoms with Gasteiger partial charge in [0.2, 0.25) is 0 Å². The molecule has 6 heteroatoms. The van der Waals surface area contributed by atoms with Crippen LogP contribution in [0.2, 0.25) is 0 Å². The molecule has 2 rings (SSSR count). The molecule has 104 valence electrons. The van der Waals surface area contributed by atoms with Crippen molar-refractivity contribution < 1.29 is 9.84 Å². The number of aromatic nitrogens is 1. The molecule has 1 aliphatic heterocycles. The Kier molecular flexibility index (Phi) is 4.01. The van der Waals surface area contributed by atoms with E-state index < -0.39 is 0 Å². The van der Waals surface area contributed by atoms with Crippen LogP contribution >= 0.6 is 0 Å². The van der Waals surface area contributed by atoms with Gasteiger partial charge >= 0.3 is 0 Å². The number of ether oxygens (including phenoxy) is 1. The summed E-state index contributed by atoms with van der Waals surface area (Å²) in [7, 11) is 0. The van der Waals surface area contributed by atoms with E-state index in [1.54, 1.807) is 6.20 Å². The van der Waals surface area contributed by atoms with Crippen molar-refractivity contribution in [2.45, 2.75) is 26.1 Å². The van der Waals surface area contributed by atoms with Crippen molar-refractivity contribution in [1.29, 1.82) is 5.41 Å². The van der Waals surface area contributed by atoms with E-state index in [4.69, 9.17) is 15.9 Å². The van der Waals surface area contributed by atoms with Crippen LogP contribution in [0.4, 0.5) is 5.82 Å². The summed E-state index contributed by atoms with van der Waals surface area (Å²) >= 11 is 0. The minimum Gasteiger partial charge on any atom is -0.394 e. The fourth-order valence-corrected chi connectivity index (χ4v) is 2.44. The van der Waals surface area contributed by atoms with Gasteiger partial charge in [0, 0.05) is 19.3 Å². The van der Waals surface area contributed by atoms with E-state index in [2.05, 4.69) is 4.98 Å². The molecule has 1 aliphatic rings. The van der Waals surface area contributed by atoms with Crippen LogP contribution in [0.5, 0.6) is 0 Å². The third-order valence-corrected chi connectivity index (χ3v) is 3.24. The number of nitrogens with two attached hydrogens (primary N) is 1. The minimum absolute atomic E-state index is 0.00743. The van der Waals surface area contributed by atoms with Crippen molar-refractivity contribution in [3.05, 3.63) is 23.4 Å². The Labute approximate surface area is 112 Å². The zero-order valence-corrected chi connectivity index (χ0v) is 11.3. The first-order valence-corrected chi connectivity index (χ1v) is 6.34. The standard InChI is InChI=1S/C13H20N4O2/c1-8-3-4-16-13(11(8)12(14)15)17-5-9(2)19-10(6-17)7-18/h3-4,9-10,18H,5-7H2,1-2H3,(H3,14,15). The molecule has 0 radical (unpaired) electrons. The maximum Gasteiger partial charge on any atom is 0.139 e. The number of hydrogen-bond acceptors (Lipinski definition) is 5. The van der Waals surface area contributed by atoms with Crippen molar-refractivity contribution in [3.8, 4) is 0 Å². The van der Waals surface area contributed by atoms with Crippen molar-refractivity contribution in [1.82, 2.24) is 4.98 Å². The van der Waals surface area contributed by atoms with Crippen molar-refractivity contribution >= 4 is 11.7 Å². The summed E-state index contributed by atoms with van der Waals surface area (Å²) < 4.78 is 5.61. The molecule has 4 N–H and O–H groups in total. The Morgan fingerprint density at radius 2 is 2.37 bits per heavy atom. The fourth-order valence-electron chi connectivity index (χ4n) is 2.44. The lowest BCUT2D eigenvalue weighted by Gasteiger charge is -2.37. The number of morpholine rings is 1. The monoisotopic (exact) mass is 264 g/mol. The van der Waals surface area contributed by atoms with Crippen LogP contribution in [0, 0.1) is 12.3 Å². The Hall–Kier alpha value is -1.66. The second-order valence-corrected chi connectivity index (χ2v) is 4.90. The first-order valence-electron chi connectivity index (χ1n) is 6.34. The third kappa shape index (κ3) is 2.85. The number of nitrogen functional groups attached to an aromatic ring is 1. The summed E-state index contributed by atoms with van der Waals surface area (Å²) in [6, 6.07) is 1.84. The Balaban J connectivity index is 2.35. The van der Waals surface area contributed by atoms with Crippen molar-refractivity contribution in [2.24, 2.45) is 5.73 Å². The molecule has 0 saturated carbocycles. The van der Waals surface area contributed by atoms with E-state index >= 15 is 0 Å². The number of amidine groups is 1. The van der Waals surface area contributed by atoms with Crippen LogP contribution in [0.3, 0.4) is 0 Å². The van der Waals surface area contributed by atoms with E-state index in [1.807, 2.05) is 24.8 Å². The molecule has 1 aromatic heterocycles. The number of pyridine rings is 1. The van der Waals surface area contributed by atoms with E-state index in [0.717, 1.165) is 5.56 Å². The van der Waals surface area contributed by atoms with Gasteiger partial charge in [0.25, 0.3) is 0 Å². The van der Waals surface area contributed by atoms with Gasteiger partial charge in [0.15, 0.2) is 0 Å². The number of aliphatic hydroxyl groups excluding tert-OH is 1. The second kappa shape index (κ2) is 5.54. The van der Waals surface area contributed by atoms with Gasteiger partial charge < -0.3 is 20.5 Å². The molecule has 2 unspecified atom stereocenters. The summed E-state index contributed by atoms with van der Waals surface area (Å²) in [6.07, 6.45) is 1.49. The average molecular weight is 264 g/mol. The molecule has 0 aromatic carbocycles. The maximum absolute atomic E-state index is 9.27. The molecule has 0 amide bonds. The van der Waals surface area contributed by atoms with E-state index in [0.29, 0.717) is 24.5 Å². The smallest absolute Gasteiger partial charge is 0.139 e. The van der Waals surface area contributed by atoms with E-state index in [-0.39, 0.29) is 24.7 Å². The van der Waals surface area contributed by atoms with Crippen LogP contribution in [-0.2, 0) is 4.74 Å². The number of rotatable bonds is 3. The van der Waals surface area contributed by atoms with Gasteiger partial charge in [0.1, 0.15) is 11.7 Å². The topological polar surface area (TPSA) is 95.5 Å². The third-order valence-electron chi connectivity index (χ3n) is 3.24. The van der Waals surface area contributed by atoms with Gasteiger partial charge in [-0.2, -0.15) is 0 Å². The van der Waals surface area contributed by atoms with Crippen LogP contribution in [0.15, 0.2) is 12.3 Å². The number of nitrogens with zero attached hydrogens (tertiary/aromatic N) is 2. The molecular weight excluding hydrogens is 244 g/mol. The molecule has 1 aromatic rings. The summed E-state index contributed by atoms with van der Waals surface area (Å²) in [4.78, 5) is 6.38. The Morgan fingerprint density at radius 1 is 1.63 bits per heavy atom. The van der Waals surface area contributed by atoms with Gasteiger partial charge in [-0.3, -0.25) is 5.41 Å². The number of aryl methyl sites for hydroxylation is 1. The van der Waals surface area contributed by atoms with E-state index in [9.17, 15) is 5.11 Å². The van der Waals surface area contributed by atoms with Crippen LogP contribution in [0.25, 0.3) is 0 Å². The SMILES string of the molecule is Cc1ccnc(N2CC(C)OC(CO)C2)c1C(=N)N. The summed E-state index contributed by atoms with van der Waals surface area (Å²) in [6.45, 7) is 5.07. The van der Waals surface area contributed by atoms with Gasteiger partial charge in [-0.05, 0) is 25.5 Å². The van der Waals surface area contributed by atoms with Crippen LogP contribution in [-0.4, -0.2) is 47.8 Å². The fraction of sp³-hybridized carbons (Fsp3) is 0.538. The van der Waals surface area contributed by atoms with Gasteiger partial charge in [-0.15, -0.1) is 0 Å². The van der Waals surface area contributed by atoms with E-state index in [1.165, 1.54) is 0 Å². The predicted octanol–water partition coefficient (Wildman–Crippen LogP) is 0.260. The lowest BCUT2D eigenvalue weighted by Crippen LogP contribution is -2.49. The number of anilines is 1. The highest BCUT2D eigenvalue weighted by Crippen LogP contribution is 2.24. The molecule has 19 heavy (non-hydrogen) atoms. The average Bonchev–Trinajstić information content (AvgIpc) is 2.37. The zero-order chi connectivity index (χ0) is 14.0. The predicted molar refractivity (Wildman–Crippen MR) is 73.6 cm³/mol. The van der Waals surface area contributed by atoms with Gasteiger partial charge in [-0.1, -0.05) is 0 Å². The molecule has 6 nitrogen and oxygen atoms in total. The lowest BCUT2D eigenvalue weighted by atomic mass is 10.1. The first-order chi connectivity index (χ1) is 9.02. The molecule has 2 atom stereocenters. The van der Waals surface area contributed by atoms with Gasteiger partial charge in [0.05, 0.1) is 24.4 Å². The van der Waals surface area contributed by atoms with Crippen molar-refractivity contribution in [3.63, 3.8) is 0 Å². The highest BCUT2D eigenvalue weighted by molar-refractivity contribution is 6.01. The normalized spacial score (nSPS) is 23.4. The highest BCUT2D eigenvalue weighted by atomic mass is 16.5. The number of nitrogens with one attached hydrogen (secondary N) is 1.